The summed E-state index contributed by atoms with van der Waals surface area (Å²) < 4.78 is 0. The summed E-state index contributed by atoms with van der Waals surface area (Å²) in [5.41, 5.74) is 9.21. The summed E-state index contributed by atoms with van der Waals surface area (Å²) in [6.45, 7) is 6.29. The molecule has 1 aromatic carbocycles. The van der Waals surface area contributed by atoms with Crippen molar-refractivity contribution in [3.8, 4) is 0 Å². The van der Waals surface area contributed by atoms with Gasteiger partial charge < -0.3 is 10.6 Å². The van der Waals surface area contributed by atoms with Gasteiger partial charge in [0.1, 0.15) is 0 Å². The topological polar surface area (TPSA) is 72.1 Å². The van der Waals surface area contributed by atoms with Gasteiger partial charge in [-0.15, -0.1) is 0 Å². The van der Waals surface area contributed by atoms with Crippen LogP contribution in [0.5, 0.6) is 0 Å². The first-order valence-electron chi connectivity index (χ1n) is 7.01. The largest absolute Gasteiger partial charge is 0.399 e. The maximum atomic E-state index is 12.8. The third-order valence-corrected chi connectivity index (χ3v) is 3.21. The first-order valence-corrected chi connectivity index (χ1v) is 7.01. The van der Waals surface area contributed by atoms with Gasteiger partial charge in [-0.1, -0.05) is 13.0 Å². The van der Waals surface area contributed by atoms with Crippen LogP contribution in [0.25, 0.3) is 0 Å². The van der Waals surface area contributed by atoms with E-state index < -0.39 is 0 Å². The first kappa shape index (κ1) is 15.0. The number of aromatic nitrogens is 2. The third-order valence-electron chi connectivity index (χ3n) is 3.21. The minimum Gasteiger partial charge on any atom is -0.399 e. The lowest BCUT2D eigenvalue weighted by atomic mass is 10.1. The molecule has 0 bridgehead atoms. The number of nitrogen functional groups attached to an aromatic ring is 1. The van der Waals surface area contributed by atoms with E-state index in [2.05, 4.69) is 10.2 Å². The highest BCUT2D eigenvalue weighted by Crippen LogP contribution is 2.21. The van der Waals surface area contributed by atoms with E-state index in [0.29, 0.717) is 23.5 Å². The fourth-order valence-corrected chi connectivity index (χ4v) is 2.18. The molecule has 5 heteroatoms. The molecule has 0 saturated heterocycles. The van der Waals surface area contributed by atoms with Crippen LogP contribution in [0, 0.1) is 13.8 Å². The molecule has 1 aromatic heterocycles. The van der Waals surface area contributed by atoms with E-state index in [1.807, 2.05) is 38.1 Å². The Morgan fingerprint density at radius 1 is 1.24 bits per heavy atom. The zero-order chi connectivity index (χ0) is 15.4. The lowest BCUT2D eigenvalue weighted by Crippen LogP contribution is -2.32. The molecular weight excluding hydrogens is 264 g/mol. The molecule has 1 amide bonds. The van der Waals surface area contributed by atoms with E-state index in [-0.39, 0.29) is 5.91 Å². The molecule has 2 N–H and O–H groups in total. The van der Waals surface area contributed by atoms with Gasteiger partial charge in [-0.25, -0.2) is 0 Å². The maximum absolute atomic E-state index is 12.8. The van der Waals surface area contributed by atoms with Crippen molar-refractivity contribution in [2.24, 2.45) is 0 Å². The van der Waals surface area contributed by atoms with Crippen molar-refractivity contribution in [2.45, 2.75) is 27.2 Å². The molecule has 0 aliphatic carbocycles. The van der Waals surface area contributed by atoms with Gasteiger partial charge in [0, 0.05) is 17.9 Å². The fraction of sp³-hybridized carbons (Fsp3) is 0.312. The molecule has 110 valence electrons. The summed E-state index contributed by atoms with van der Waals surface area (Å²) in [5, 5.41) is 8.00. The lowest BCUT2D eigenvalue weighted by molar-refractivity contribution is 0.0985. The van der Waals surface area contributed by atoms with Crippen molar-refractivity contribution in [1.29, 1.82) is 0 Å². The predicted octanol–water partition coefficient (Wildman–Crippen LogP) is 2.73. The molecular formula is C16H20N4O. The average molecular weight is 284 g/mol. The van der Waals surface area contributed by atoms with Crippen molar-refractivity contribution in [2.75, 3.05) is 17.2 Å². The van der Waals surface area contributed by atoms with Crippen molar-refractivity contribution in [3.05, 3.63) is 47.3 Å². The Bertz CT molecular complexity index is 654. The Kier molecular flexibility index (Phi) is 4.52. The van der Waals surface area contributed by atoms with Gasteiger partial charge in [0.05, 0.1) is 17.0 Å². The number of benzene rings is 1. The molecule has 0 saturated carbocycles. The number of carbonyl (C=O) groups is 1. The highest BCUT2D eigenvalue weighted by atomic mass is 16.2. The summed E-state index contributed by atoms with van der Waals surface area (Å²) in [7, 11) is 0. The second-order valence-corrected chi connectivity index (χ2v) is 5.04. The molecule has 0 aliphatic rings. The number of nitrogens with zero attached hydrogens (tertiary/aromatic N) is 3. The Balaban J connectivity index is 2.42. The fourth-order valence-electron chi connectivity index (χ4n) is 2.18. The van der Waals surface area contributed by atoms with Crippen LogP contribution in [0.1, 0.15) is 35.1 Å². The molecule has 21 heavy (non-hydrogen) atoms. The Hall–Kier alpha value is -2.43. The van der Waals surface area contributed by atoms with Gasteiger partial charge in [-0.2, -0.15) is 10.2 Å². The SMILES string of the molecule is CCCN(C(=O)c1cc(C)nnc1C)c1cccc(N)c1. The van der Waals surface area contributed by atoms with Crippen LogP contribution in [0.3, 0.4) is 0 Å². The quantitative estimate of drug-likeness (QED) is 0.876. The molecule has 0 radical (unpaired) electrons. The summed E-state index contributed by atoms with van der Waals surface area (Å²) in [5.74, 6) is -0.0713. The van der Waals surface area contributed by atoms with Gasteiger partial charge in [-0.3, -0.25) is 4.79 Å². The highest BCUT2D eigenvalue weighted by Gasteiger charge is 2.20. The number of hydrogen-bond acceptors (Lipinski definition) is 4. The Morgan fingerprint density at radius 2 is 2.00 bits per heavy atom. The molecule has 2 aromatic rings. The average Bonchev–Trinajstić information content (AvgIpc) is 2.46. The van der Waals surface area contributed by atoms with Gasteiger partial charge >= 0.3 is 0 Å². The molecule has 1 heterocycles. The second kappa shape index (κ2) is 6.35. The van der Waals surface area contributed by atoms with Crippen molar-refractivity contribution >= 4 is 17.3 Å². The maximum Gasteiger partial charge on any atom is 0.260 e. The lowest BCUT2D eigenvalue weighted by Gasteiger charge is -2.23. The monoisotopic (exact) mass is 284 g/mol. The van der Waals surface area contributed by atoms with E-state index in [9.17, 15) is 4.79 Å². The summed E-state index contributed by atoms with van der Waals surface area (Å²) >= 11 is 0. The van der Waals surface area contributed by atoms with Crippen molar-refractivity contribution in [3.63, 3.8) is 0 Å². The number of rotatable bonds is 4. The third kappa shape index (κ3) is 3.37. The molecule has 0 aliphatic heterocycles. The van der Waals surface area contributed by atoms with E-state index in [1.165, 1.54) is 0 Å². The van der Waals surface area contributed by atoms with Crippen LogP contribution in [-0.4, -0.2) is 22.6 Å². The smallest absolute Gasteiger partial charge is 0.260 e. The van der Waals surface area contributed by atoms with E-state index in [4.69, 9.17) is 5.73 Å². The predicted molar refractivity (Wildman–Crippen MR) is 84.3 cm³/mol. The molecule has 0 atom stereocenters. The van der Waals surface area contributed by atoms with Gasteiger partial charge in [0.25, 0.3) is 5.91 Å². The van der Waals surface area contributed by atoms with Crippen molar-refractivity contribution < 1.29 is 4.79 Å². The molecule has 5 nitrogen and oxygen atoms in total. The van der Waals surface area contributed by atoms with E-state index in [1.54, 1.807) is 17.9 Å². The minimum atomic E-state index is -0.0713. The van der Waals surface area contributed by atoms with Gasteiger partial charge in [0.15, 0.2) is 0 Å². The Morgan fingerprint density at radius 3 is 2.67 bits per heavy atom. The minimum absolute atomic E-state index is 0.0713. The number of anilines is 2. The molecule has 0 spiro atoms. The van der Waals surface area contributed by atoms with Gasteiger partial charge in [0.2, 0.25) is 0 Å². The molecule has 2 rings (SSSR count). The summed E-state index contributed by atoms with van der Waals surface area (Å²) in [4.78, 5) is 14.6. The van der Waals surface area contributed by atoms with Crippen LogP contribution in [0.4, 0.5) is 11.4 Å². The molecule has 0 unspecified atom stereocenters. The van der Waals surface area contributed by atoms with E-state index in [0.717, 1.165) is 17.8 Å². The number of carbonyl (C=O) groups excluding carboxylic acids is 1. The van der Waals surface area contributed by atoms with Crippen molar-refractivity contribution in [1.82, 2.24) is 10.2 Å². The summed E-state index contributed by atoms with van der Waals surface area (Å²) in [6, 6.07) is 9.13. The number of hydrogen-bond donors (Lipinski definition) is 1. The zero-order valence-electron chi connectivity index (χ0n) is 12.6. The second-order valence-electron chi connectivity index (χ2n) is 5.04. The normalized spacial score (nSPS) is 10.4. The number of nitrogens with two attached hydrogens (primary N) is 1. The van der Waals surface area contributed by atoms with E-state index >= 15 is 0 Å². The molecule has 0 fully saturated rings. The number of aryl methyl sites for hydroxylation is 2. The zero-order valence-corrected chi connectivity index (χ0v) is 12.6. The van der Waals surface area contributed by atoms with Crippen LogP contribution in [-0.2, 0) is 0 Å². The highest BCUT2D eigenvalue weighted by molar-refractivity contribution is 6.07. The Labute approximate surface area is 124 Å². The standard InChI is InChI=1S/C16H20N4O/c1-4-8-20(14-7-5-6-13(17)10-14)16(21)15-9-11(2)18-19-12(15)3/h5-7,9-10H,4,8,17H2,1-3H3. The summed E-state index contributed by atoms with van der Waals surface area (Å²) in [6.07, 6.45) is 0.858. The number of amides is 1. The van der Waals surface area contributed by atoms with Crippen LogP contribution in [0.15, 0.2) is 30.3 Å². The van der Waals surface area contributed by atoms with Crippen LogP contribution >= 0.6 is 0 Å². The van der Waals surface area contributed by atoms with Crippen LogP contribution in [0.2, 0.25) is 0 Å². The van der Waals surface area contributed by atoms with Gasteiger partial charge in [-0.05, 0) is 44.5 Å². The van der Waals surface area contributed by atoms with Crippen LogP contribution < -0.4 is 10.6 Å². The first-order chi connectivity index (χ1) is 10.0.